The molecule has 5 heteroatoms. The molecule has 0 aliphatic heterocycles. The zero-order valence-electron chi connectivity index (χ0n) is 11.2. The number of hydrogen-bond donors (Lipinski definition) is 2. The average Bonchev–Trinajstić information content (AvgIpc) is 2.77. The van der Waals surface area contributed by atoms with Crippen molar-refractivity contribution < 1.29 is 4.79 Å². The number of amides is 1. The topological polar surface area (TPSA) is 59.0 Å². The van der Waals surface area contributed by atoms with Gasteiger partial charge in [0.05, 0.1) is 12.0 Å². The predicted molar refractivity (Wildman–Crippen MR) is 74.8 cm³/mol. The van der Waals surface area contributed by atoms with Crippen molar-refractivity contribution in [2.24, 2.45) is 0 Å². The van der Waals surface area contributed by atoms with Crippen molar-refractivity contribution in [2.75, 3.05) is 12.4 Å². The number of nitrogens with one attached hydrogen (secondary N) is 2. The molecule has 1 amide bonds. The maximum absolute atomic E-state index is 11.9. The molecule has 0 atom stereocenters. The lowest BCUT2D eigenvalue weighted by molar-refractivity contribution is -0.116. The van der Waals surface area contributed by atoms with E-state index in [2.05, 4.69) is 15.6 Å². The molecule has 0 fully saturated rings. The Balaban J connectivity index is 1.93. The molecule has 1 aromatic carbocycles. The van der Waals surface area contributed by atoms with Gasteiger partial charge >= 0.3 is 0 Å². The van der Waals surface area contributed by atoms with Crippen LogP contribution < -0.4 is 10.6 Å². The molecule has 0 unspecified atom stereocenters. The summed E-state index contributed by atoms with van der Waals surface area (Å²) >= 11 is 0. The first kappa shape index (κ1) is 13.3. The van der Waals surface area contributed by atoms with E-state index in [-0.39, 0.29) is 12.5 Å². The van der Waals surface area contributed by atoms with Crippen LogP contribution in [0.25, 0.3) is 0 Å². The molecule has 100 valence electrons. The van der Waals surface area contributed by atoms with Crippen molar-refractivity contribution in [1.82, 2.24) is 14.9 Å². The van der Waals surface area contributed by atoms with Crippen LogP contribution in [0.4, 0.5) is 5.69 Å². The summed E-state index contributed by atoms with van der Waals surface area (Å²) in [5.74, 6) is -0.0565. The third-order valence-corrected chi connectivity index (χ3v) is 2.67. The molecule has 2 aromatic rings. The van der Waals surface area contributed by atoms with Gasteiger partial charge in [0.15, 0.2) is 0 Å². The Morgan fingerprint density at radius 1 is 1.42 bits per heavy atom. The van der Waals surface area contributed by atoms with Crippen LogP contribution in [0, 0.1) is 6.92 Å². The zero-order valence-corrected chi connectivity index (χ0v) is 11.2. The maximum atomic E-state index is 11.9. The smallest absolute Gasteiger partial charge is 0.244 e. The second-order valence-corrected chi connectivity index (χ2v) is 4.49. The number of aromatic nitrogens is 2. The summed E-state index contributed by atoms with van der Waals surface area (Å²) in [6, 6.07) is 7.74. The molecule has 2 rings (SSSR count). The number of carbonyl (C=O) groups is 1. The van der Waals surface area contributed by atoms with Crippen molar-refractivity contribution in [3.8, 4) is 0 Å². The quantitative estimate of drug-likeness (QED) is 0.855. The molecular weight excluding hydrogens is 240 g/mol. The standard InChI is InChI=1S/C14H18N4O/c1-11-4-3-5-12(6-11)17-14(19)9-18-8-13(7-15-2)16-10-18/h3-6,8,10,15H,7,9H2,1-2H3,(H,17,19). The Bertz CT molecular complexity index is 562. The van der Waals surface area contributed by atoms with E-state index in [0.717, 1.165) is 16.9 Å². The van der Waals surface area contributed by atoms with Gasteiger partial charge in [-0.05, 0) is 31.7 Å². The number of aryl methyl sites for hydroxylation is 1. The number of carbonyl (C=O) groups excluding carboxylic acids is 1. The van der Waals surface area contributed by atoms with Crippen LogP contribution in [0.1, 0.15) is 11.3 Å². The molecule has 0 spiro atoms. The third-order valence-electron chi connectivity index (χ3n) is 2.67. The van der Waals surface area contributed by atoms with Gasteiger partial charge < -0.3 is 15.2 Å². The van der Waals surface area contributed by atoms with Crippen LogP contribution in [0.15, 0.2) is 36.8 Å². The molecule has 0 radical (unpaired) electrons. The van der Waals surface area contributed by atoms with Crippen LogP contribution in [0.5, 0.6) is 0 Å². The normalized spacial score (nSPS) is 10.4. The Morgan fingerprint density at radius 3 is 3.00 bits per heavy atom. The Morgan fingerprint density at radius 2 is 2.26 bits per heavy atom. The highest BCUT2D eigenvalue weighted by Crippen LogP contribution is 2.09. The van der Waals surface area contributed by atoms with Crippen LogP contribution in [-0.4, -0.2) is 22.5 Å². The van der Waals surface area contributed by atoms with Gasteiger partial charge in [-0.1, -0.05) is 12.1 Å². The van der Waals surface area contributed by atoms with E-state index in [1.165, 1.54) is 0 Å². The lowest BCUT2D eigenvalue weighted by Crippen LogP contribution is -2.18. The SMILES string of the molecule is CNCc1cn(CC(=O)Nc2cccc(C)c2)cn1. The molecule has 19 heavy (non-hydrogen) atoms. The highest BCUT2D eigenvalue weighted by atomic mass is 16.1. The molecule has 1 heterocycles. The molecule has 0 aliphatic carbocycles. The Kier molecular flexibility index (Phi) is 4.30. The minimum absolute atomic E-state index is 0.0565. The molecule has 0 saturated heterocycles. The highest BCUT2D eigenvalue weighted by molar-refractivity contribution is 5.90. The summed E-state index contributed by atoms with van der Waals surface area (Å²) in [5, 5.41) is 5.89. The monoisotopic (exact) mass is 258 g/mol. The van der Waals surface area contributed by atoms with Gasteiger partial charge in [-0.15, -0.1) is 0 Å². The van der Waals surface area contributed by atoms with Gasteiger partial charge in [0.25, 0.3) is 0 Å². The summed E-state index contributed by atoms with van der Waals surface area (Å²) in [6.45, 7) is 2.96. The molecule has 0 aliphatic rings. The maximum Gasteiger partial charge on any atom is 0.244 e. The molecule has 2 N–H and O–H groups in total. The second-order valence-electron chi connectivity index (χ2n) is 4.49. The average molecular weight is 258 g/mol. The number of nitrogens with zero attached hydrogens (tertiary/aromatic N) is 2. The summed E-state index contributed by atoms with van der Waals surface area (Å²) < 4.78 is 1.78. The minimum Gasteiger partial charge on any atom is -0.328 e. The van der Waals surface area contributed by atoms with E-state index in [1.54, 1.807) is 10.9 Å². The highest BCUT2D eigenvalue weighted by Gasteiger charge is 2.05. The van der Waals surface area contributed by atoms with Crippen molar-refractivity contribution in [1.29, 1.82) is 0 Å². The van der Waals surface area contributed by atoms with Crippen molar-refractivity contribution in [3.05, 3.63) is 48.0 Å². The van der Waals surface area contributed by atoms with Gasteiger partial charge in [-0.25, -0.2) is 4.98 Å². The molecular formula is C14H18N4O. The fraction of sp³-hybridized carbons (Fsp3) is 0.286. The molecule has 0 bridgehead atoms. The van der Waals surface area contributed by atoms with E-state index >= 15 is 0 Å². The zero-order chi connectivity index (χ0) is 13.7. The van der Waals surface area contributed by atoms with Crippen molar-refractivity contribution >= 4 is 11.6 Å². The van der Waals surface area contributed by atoms with E-state index in [4.69, 9.17) is 0 Å². The van der Waals surface area contributed by atoms with Crippen LogP contribution in [0.3, 0.4) is 0 Å². The number of imidazole rings is 1. The molecule has 1 aromatic heterocycles. The lowest BCUT2D eigenvalue weighted by Gasteiger charge is -2.06. The largest absolute Gasteiger partial charge is 0.328 e. The summed E-state index contributed by atoms with van der Waals surface area (Å²) in [7, 11) is 1.86. The predicted octanol–water partition coefficient (Wildman–Crippen LogP) is 1.55. The van der Waals surface area contributed by atoms with Crippen LogP contribution in [0.2, 0.25) is 0 Å². The first-order valence-corrected chi connectivity index (χ1v) is 6.19. The summed E-state index contributed by atoms with van der Waals surface area (Å²) in [4.78, 5) is 16.1. The van der Waals surface area contributed by atoms with Crippen LogP contribution in [-0.2, 0) is 17.9 Å². The Labute approximate surface area is 112 Å². The first-order valence-electron chi connectivity index (χ1n) is 6.19. The number of rotatable bonds is 5. The summed E-state index contributed by atoms with van der Waals surface area (Å²) in [5.41, 5.74) is 2.86. The van der Waals surface area contributed by atoms with E-state index in [9.17, 15) is 4.79 Å². The van der Waals surface area contributed by atoms with E-state index in [1.807, 2.05) is 44.4 Å². The Hall–Kier alpha value is -2.14. The lowest BCUT2D eigenvalue weighted by atomic mass is 10.2. The molecule has 0 saturated carbocycles. The van der Waals surface area contributed by atoms with Gasteiger partial charge in [-0.2, -0.15) is 0 Å². The number of hydrogen-bond acceptors (Lipinski definition) is 3. The number of benzene rings is 1. The van der Waals surface area contributed by atoms with E-state index in [0.29, 0.717) is 6.54 Å². The second kappa shape index (κ2) is 6.15. The molecule has 5 nitrogen and oxygen atoms in total. The van der Waals surface area contributed by atoms with Gasteiger partial charge in [0.1, 0.15) is 6.54 Å². The van der Waals surface area contributed by atoms with Crippen LogP contribution >= 0.6 is 0 Å². The number of anilines is 1. The fourth-order valence-corrected chi connectivity index (χ4v) is 1.85. The van der Waals surface area contributed by atoms with Crippen molar-refractivity contribution in [3.63, 3.8) is 0 Å². The van der Waals surface area contributed by atoms with Crippen molar-refractivity contribution in [2.45, 2.75) is 20.0 Å². The minimum atomic E-state index is -0.0565. The van der Waals surface area contributed by atoms with Gasteiger partial charge in [-0.3, -0.25) is 4.79 Å². The third kappa shape index (κ3) is 3.93. The van der Waals surface area contributed by atoms with Gasteiger partial charge in [0.2, 0.25) is 5.91 Å². The van der Waals surface area contributed by atoms with Gasteiger partial charge in [0, 0.05) is 18.4 Å². The van der Waals surface area contributed by atoms with E-state index < -0.39 is 0 Å². The fourth-order valence-electron chi connectivity index (χ4n) is 1.85. The summed E-state index contributed by atoms with van der Waals surface area (Å²) in [6.07, 6.45) is 3.54. The first-order chi connectivity index (χ1) is 9.17.